The Bertz CT molecular complexity index is 585. The van der Waals surface area contributed by atoms with E-state index in [0.29, 0.717) is 12.1 Å². The van der Waals surface area contributed by atoms with E-state index < -0.39 is 0 Å². The lowest BCUT2D eigenvalue weighted by molar-refractivity contribution is 0.175. The molecule has 0 unspecified atom stereocenters. The highest BCUT2D eigenvalue weighted by Gasteiger charge is 2.23. The van der Waals surface area contributed by atoms with Gasteiger partial charge in [-0.1, -0.05) is 85.0 Å². The number of piperidine rings is 1. The molecule has 1 saturated heterocycles. The summed E-state index contributed by atoms with van der Waals surface area (Å²) < 4.78 is 0. The SMILES string of the molecule is CN1[C@H](C=Cc2ccccc2)CCC[C@H]1C=Cc1ccccc1. The highest BCUT2D eigenvalue weighted by Crippen LogP contribution is 2.24. The maximum Gasteiger partial charge on any atom is 0.0284 e. The Morgan fingerprint density at radius 2 is 1.17 bits per heavy atom. The van der Waals surface area contributed by atoms with Gasteiger partial charge in [0.25, 0.3) is 0 Å². The molecular formula is C22H25N. The van der Waals surface area contributed by atoms with Crippen LogP contribution >= 0.6 is 0 Å². The minimum atomic E-state index is 0.523. The van der Waals surface area contributed by atoms with Gasteiger partial charge in [0.2, 0.25) is 0 Å². The molecule has 23 heavy (non-hydrogen) atoms. The highest BCUT2D eigenvalue weighted by molar-refractivity contribution is 5.51. The van der Waals surface area contributed by atoms with Gasteiger partial charge in [-0.3, -0.25) is 4.90 Å². The van der Waals surface area contributed by atoms with Crippen molar-refractivity contribution in [2.24, 2.45) is 0 Å². The second kappa shape index (κ2) is 7.94. The van der Waals surface area contributed by atoms with Crippen molar-refractivity contribution in [3.05, 3.63) is 83.9 Å². The topological polar surface area (TPSA) is 3.24 Å². The zero-order valence-electron chi connectivity index (χ0n) is 13.8. The highest BCUT2D eigenvalue weighted by atomic mass is 15.2. The first kappa shape index (κ1) is 15.8. The van der Waals surface area contributed by atoms with Crippen LogP contribution in [0.1, 0.15) is 30.4 Å². The van der Waals surface area contributed by atoms with Crippen molar-refractivity contribution in [3.63, 3.8) is 0 Å². The van der Waals surface area contributed by atoms with Gasteiger partial charge < -0.3 is 0 Å². The molecular weight excluding hydrogens is 278 g/mol. The van der Waals surface area contributed by atoms with E-state index in [-0.39, 0.29) is 0 Å². The predicted molar refractivity (Wildman–Crippen MR) is 100 cm³/mol. The molecule has 0 bridgehead atoms. The molecule has 1 heterocycles. The summed E-state index contributed by atoms with van der Waals surface area (Å²) in [5.41, 5.74) is 2.56. The number of likely N-dealkylation sites (tertiary alicyclic amines) is 1. The van der Waals surface area contributed by atoms with Crippen molar-refractivity contribution in [1.29, 1.82) is 0 Å². The van der Waals surface area contributed by atoms with Crippen molar-refractivity contribution >= 4 is 12.2 Å². The standard InChI is InChI=1S/C22H25N/c1-23-21(17-15-19-9-4-2-5-10-19)13-8-14-22(23)18-16-20-11-6-3-7-12-20/h2-7,9-12,15-18,21-22H,8,13-14H2,1H3/t21-,22-/m0/s1. The van der Waals surface area contributed by atoms with Crippen LogP contribution in [0.3, 0.4) is 0 Å². The quantitative estimate of drug-likeness (QED) is 0.744. The van der Waals surface area contributed by atoms with Crippen molar-refractivity contribution in [2.45, 2.75) is 31.3 Å². The average Bonchev–Trinajstić information content (AvgIpc) is 2.61. The van der Waals surface area contributed by atoms with E-state index in [1.807, 2.05) is 0 Å². The first-order valence-corrected chi connectivity index (χ1v) is 8.51. The molecule has 1 aliphatic rings. The number of hydrogen-bond acceptors (Lipinski definition) is 1. The molecule has 3 rings (SSSR count). The van der Waals surface area contributed by atoms with E-state index in [2.05, 4.69) is 96.9 Å². The molecule has 0 radical (unpaired) electrons. The maximum absolute atomic E-state index is 2.50. The summed E-state index contributed by atoms with van der Waals surface area (Å²) in [5, 5.41) is 0. The first-order chi connectivity index (χ1) is 11.3. The lowest BCUT2D eigenvalue weighted by atomic mass is 9.95. The molecule has 1 aliphatic heterocycles. The molecule has 0 aromatic heterocycles. The van der Waals surface area contributed by atoms with Crippen LogP contribution in [0.2, 0.25) is 0 Å². The summed E-state index contributed by atoms with van der Waals surface area (Å²) in [6, 6.07) is 22.2. The van der Waals surface area contributed by atoms with Crippen LogP contribution < -0.4 is 0 Å². The Labute approximate surface area is 140 Å². The normalized spacial score (nSPS) is 22.8. The van der Waals surface area contributed by atoms with Gasteiger partial charge in [-0.2, -0.15) is 0 Å². The Morgan fingerprint density at radius 3 is 1.61 bits per heavy atom. The summed E-state index contributed by atoms with van der Waals surface area (Å²) in [6.07, 6.45) is 13.0. The van der Waals surface area contributed by atoms with E-state index in [1.54, 1.807) is 0 Å². The van der Waals surface area contributed by atoms with Crippen LogP contribution in [0.25, 0.3) is 12.2 Å². The van der Waals surface area contributed by atoms with Crippen molar-refractivity contribution in [3.8, 4) is 0 Å². The second-order valence-corrected chi connectivity index (χ2v) is 6.27. The van der Waals surface area contributed by atoms with Crippen molar-refractivity contribution < 1.29 is 0 Å². The van der Waals surface area contributed by atoms with Crippen LogP contribution in [0.4, 0.5) is 0 Å². The molecule has 0 N–H and O–H groups in total. The van der Waals surface area contributed by atoms with Gasteiger partial charge in [0, 0.05) is 12.1 Å². The molecule has 0 aliphatic carbocycles. The summed E-state index contributed by atoms with van der Waals surface area (Å²) in [5.74, 6) is 0. The lowest BCUT2D eigenvalue weighted by Crippen LogP contribution is -2.41. The average molecular weight is 303 g/mol. The summed E-state index contributed by atoms with van der Waals surface area (Å²) >= 11 is 0. The van der Waals surface area contributed by atoms with E-state index >= 15 is 0 Å². The van der Waals surface area contributed by atoms with Gasteiger partial charge in [-0.25, -0.2) is 0 Å². The van der Waals surface area contributed by atoms with Crippen LogP contribution in [0, 0.1) is 0 Å². The number of benzene rings is 2. The Morgan fingerprint density at radius 1 is 0.739 bits per heavy atom. The molecule has 118 valence electrons. The zero-order chi connectivity index (χ0) is 15.9. The summed E-state index contributed by atoms with van der Waals surface area (Å²) in [6.45, 7) is 0. The minimum Gasteiger partial charge on any atom is -0.294 e. The van der Waals surface area contributed by atoms with Gasteiger partial charge in [0.1, 0.15) is 0 Å². The number of nitrogens with zero attached hydrogens (tertiary/aromatic N) is 1. The smallest absolute Gasteiger partial charge is 0.0284 e. The van der Waals surface area contributed by atoms with Crippen LogP contribution in [-0.2, 0) is 0 Å². The predicted octanol–water partition coefficient (Wildman–Crippen LogP) is 5.27. The molecule has 0 saturated carbocycles. The fourth-order valence-corrected chi connectivity index (χ4v) is 3.23. The maximum atomic E-state index is 2.50. The van der Waals surface area contributed by atoms with Gasteiger partial charge in [0.15, 0.2) is 0 Å². The van der Waals surface area contributed by atoms with Gasteiger partial charge in [-0.05, 0) is 37.4 Å². The van der Waals surface area contributed by atoms with Gasteiger partial charge in [-0.15, -0.1) is 0 Å². The number of likely N-dealkylation sites (N-methyl/N-ethyl adjacent to an activating group) is 1. The van der Waals surface area contributed by atoms with Crippen LogP contribution in [-0.4, -0.2) is 24.0 Å². The van der Waals surface area contributed by atoms with E-state index in [0.717, 1.165) is 0 Å². The molecule has 1 fully saturated rings. The zero-order valence-corrected chi connectivity index (χ0v) is 13.8. The van der Waals surface area contributed by atoms with Gasteiger partial charge in [0.05, 0.1) is 0 Å². The second-order valence-electron chi connectivity index (χ2n) is 6.27. The molecule has 2 aromatic carbocycles. The van der Waals surface area contributed by atoms with Crippen molar-refractivity contribution in [1.82, 2.24) is 4.90 Å². The third kappa shape index (κ3) is 4.43. The fourth-order valence-electron chi connectivity index (χ4n) is 3.23. The first-order valence-electron chi connectivity index (χ1n) is 8.51. The van der Waals surface area contributed by atoms with E-state index in [9.17, 15) is 0 Å². The molecule has 1 heteroatoms. The summed E-state index contributed by atoms with van der Waals surface area (Å²) in [4.78, 5) is 2.50. The number of hydrogen-bond donors (Lipinski definition) is 0. The van der Waals surface area contributed by atoms with Crippen LogP contribution in [0.5, 0.6) is 0 Å². The third-order valence-corrected chi connectivity index (χ3v) is 4.67. The third-order valence-electron chi connectivity index (χ3n) is 4.67. The number of rotatable bonds is 4. The summed E-state index contributed by atoms with van der Waals surface area (Å²) in [7, 11) is 2.25. The van der Waals surface area contributed by atoms with E-state index in [1.165, 1.54) is 30.4 Å². The van der Waals surface area contributed by atoms with Crippen molar-refractivity contribution in [2.75, 3.05) is 7.05 Å². The Balaban J connectivity index is 1.65. The largest absolute Gasteiger partial charge is 0.294 e. The van der Waals surface area contributed by atoms with E-state index in [4.69, 9.17) is 0 Å². The molecule has 0 amide bonds. The molecule has 2 aromatic rings. The molecule has 1 nitrogen and oxygen atoms in total. The minimum absolute atomic E-state index is 0.523. The lowest BCUT2D eigenvalue weighted by Gasteiger charge is -2.36. The molecule has 0 spiro atoms. The Kier molecular flexibility index (Phi) is 5.44. The molecule has 2 atom stereocenters. The fraction of sp³-hybridized carbons (Fsp3) is 0.273. The van der Waals surface area contributed by atoms with Crippen LogP contribution in [0.15, 0.2) is 72.8 Å². The Hall–Kier alpha value is -2.12. The van der Waals surface area contributed by atoms with Gasteiger partial charge >= 0.3 is 0 Å². The monoisotopic (exact) mass is 303 g/mol.